The topological polar surface area (TPSA) is 0 Å². The van der Waals surface area contributed by atoms with Crippen LogP contribution in [0.2, 0.25) is 0 Å². The molecule has 174 valence electrons. The number of rotatable bonds is 3. The Balaban J connectivity index is 1.62. The van der Waals surface area contributed by atoms with Gasteiger partial charge in [-0.2, -0.15) is 13.2 Å². The third kappa shape index (κ3) is 3.83. The summed E-state index contributed by atoms with van der Waals surface area (Å²) >= 11 is 0. The summed E-state index contributed by atoms with van der Waals surface area (Å²) in [5.74, 6) is 0. The summed E-state index contributed by atoms with van der Waals surface area (Å²) in [7, 11) is 0. The second kappa shape index (κ2) is 8.69. The third-order valence-corrected chi connectivity index (χ3v) is 6.69. The number of benzene rings is 6. The molecular weight excluding hydrogens is 453 g/mol. The van der Waals surface area contributed by atoms with Crippen LogP contribution in [-0.2, 0) is 6.18 Å². The third-order valence-electron chi connectivity index (χ3n) is 6.69. The molecule has 0 atom stereocenters. The Bertz CT molecular complexity index is 1640. The lowest BCUT2D eigenvalue weighted by atomic mass is 9.85. The number of hydrogen-bond acceptors (Lipinski definition) is 0. The Morgan fingerprint density at radius 1 is 0.361 bits per heavy atom. The van der Waals surface area contributed by atoms with Crippen LogP contribution in [0, 0.1) is 0 Å². The van der Waals surface area contributed by atoms with Gasteiger partial charge < -0.3 is 0 Å². The van der Waals surface area contributed by atoms with Gasteiger partial charge in [-0.3, -0.25) is 0 Å². The van der Waals surface area contributed by atoms with E-state index in [1.165, 1.54) is 12.1 Å². The molecule has 36 heavy (non-hydrogen) atoms. The van der Waals surface area contributed by atoms with Gasteiger partial charge in [0.2, 0.25) is 0 Å². The van der Waals surface area contributed by atoms with Gasteiger partial charge in [-0.05, 0) is 67.1 Å². The van der Waals surface area contributed by atoms with Crippen LogP contribution in [-0.4, -0.2) is 0 Å². The van der Waals surface area contributed by atoms with Crippen molar-refractivity contribution in [1.29, 1.82) is 0 Å². The van der Waals surface area contributed by atoms with Gasteiger partial charge in [-0.1, -0.05) is 115 Å². The first kappa shape index (κ1) is 22.1. The van der Waals surface area contributed by atoms with E-state index in [1.807, 2.05) is 54.6 Å². The molecule has 0 unspecified atom stereocenters. The maximum absolute atomic E-state index is 13.6. The summed E-state index contributed by atoms with van der Waals surface area (Å²) < 4.78 is 40.7. The maximum atomic E-state index is 13.6. The minimum atomic E-state index is -4.40. The molecule has 0 aliphatic carbocycles. The van der Waals surface area contributed by atoms with Crippen LogP contribution in [0.15, 0.2) is 127 Å². The smallest absolute Gasteiger partial charge is 0.166 e. The summed E-state index contributed by atoms with van der Waals surface area (Å²) in [6.45, 7) is 0. The van der Waals surface area contributed by atoms with Crippen LogP contribution >= 0.6 is 0 Å². The summed E-state index contributed by atoms with van der Waals surface area (Å²) in [5.41, 5.74) is 5.16. The SMILES string of the molecule is FC(F)(F)c1cccc(-c2c3ccccc3c(-c3ccc(-c4ccccc4)cc3)c3ccccc23)c1. The Hall–Kier alpha value is -4.37. The highest BCUT2D eigenvalue weighted by Crippen LogP contribution is 2.44. The number of alkyl halides is 3. The molecule has 0 aliphatic heterocycles. The first-order valence-electron chi connectivity index (χ1n) is 11.8. The van der Waals surface area contributed by atoms with Crippen molar-refractivity contribution in [2.75, 3.05) is 0 Å². The van der Waals surface area contributed by atoms with E-state index >= 15 is 0 Å². The van der Waals surface area contributed by atoms with Crippen molar-refractivity contribution in [3.63, 3.8) is 0 Å². The van der Waals surface area contributed by atoms with Gasteiger partial charge in [0.1, 0.15) is 0 Å². The molecule has 6 aromatic rings. The fourth-order valence-corrected chi connectivity index (χ4v) is 5.06. The fourth-order valence-electron chi connectivity index (χ4n) is 5.06. The predicted molar refractivity (Wildman–Crippen MR) is 143 cm³/mol. The number of fused-ring (bicyclic) bond motifs is 2. The molecule has 3 heteroatoms. The largest absolute Gasteiger partial charge is 0.416 e. The minimum absolute atomic E-state index is 0.559. The van der Waals surface area contributed by atoms with Gasteiger partial charge in [0.25, 0.3) is 0 Å². The van der Waals surface area contributed by atoms with Crippen LogP contribution in [0.3, 0.4) is 0 Å². The molecule has 0 amide bonds. The lowest BCUT2D eigenvalue weighted by molar-refractivity contribution is -0.137. The minimum Gasteiger partial charge on any atom is -0.166 e. The van der Waals surface area contributed by atoms with Crippen molar-refractivity contribution >= 4 is 21.5 Å². The molecule has 0 N–H and O–H groups in total. The van der Waals surface area contributed by atoms with Crippen LogP contribution in [0.4, 0.5) is 13.2 Å². The molecule has 0 radical (unpaired) electrons. The molecule has 6 aromatic carbocycles. The molecule has 0 saturated carbocycles. The molecule has 0 heterocycles. The molecule has 0 fully saturated rings. The van der Waals surface area contributed by atoms with Crippen LogP contribution in [0.25, 0.3) is 54.9 Å². The second-order valence-corrected chi connectivity index (χ2v) is 8.86. The molecule has 0 nitrogen and oxygen atoms in total. The summed E-state index contributed by atoms with van der Waals surface area (Å²) in [4.78, 5) is 0. The first-order chi connectivity index (χ1) is 17.5. The standard InChI is InChI=1S/C33H21F3/c34-33(35,36)26-12-8-11-25(21-26)32-29-15-6-4-13-27(29)31(28-14-5-7-16-30(28)32)24-19-17-23(18-20-24)22-9-2-1-3-10-22/h1-21H. The van der Waals surface area contributed by atoms with E-state index < -0.39 is 11.7 Å². The van der Waals surface area contributed by atoms with Gasteiger partial charge in [0.05, 0.1) is 5.56 Å². The van der Waals surface area contributed by atoms with Crippen LogP contribution in [0.5, 0.6) is 0 Å². The van der Waals surface area contributed by atoms with Crippen molar-refractivity contribution < 1.29 is 13.2 Å². The van der Waals surface area contributed by atoms with E-state index in [4.69, 9.17) is 0 Å². The monoisotopic (exact) mass is 474 g/mol. The van der Waals surface area contributed by atoms with Gasteiger partial charge in [0, 0.05) is 0 Å². The lowest BCUT2D eigenvalue weighted by Crippen LogP contribution is -2.04. The van der Waals surface area contributed by atoms with Crippen molar-refractivity contribution in [2.45, 2.75) is 6.18 Å². The predicted octanol–water partition coefficient (Wildman–Crippen LogP) is 10.0. The first-order valence-corrected chi connectivity index (χ1v) is 11.8. The van der Waals surface area contributed by atoms with E-state index in [2.05, 4.69) is 48.5 Å². The number of hydrogen-bond donors (Lipinski definition) is 0. The van der Waals surface area contributed by atoms with Gasteiger partial charge in [0.15, 0.2) is 0 Å². The zero-order chi connectivity index (χ0) is 24.7. The number of halogens is 3. The summed E-state index contributed by atoms with van der Waals surface area (Å²) in [6.07, 6.45) is -4.40. The van der Waals surface area contributed by atoms with Gasteiger partial charge in [-0.25, -0.2) is 0 Å². The Morgan fingerprint density at radius 2 is 0.778 bits per heavy atom. The van der Waals surface area contributed by atoms with E-state index in [9.17, 15) is 13.2 Å². The van der Waals surface area contributed by atoms with Crippen molar-refractivity contribution in [3.05, 3.63) is 133 Å². The zero-order valence-corrected chi connectivity index (χ0v) is 19.3. The average molecular weight is 475 g/mol. The molecule has 0 aromatic heterocycles. The highest BCUT2D eigenvalue weighted by Gasteiger charge is 2.30. The zero-order valence-electron chi connectivity index (χ0n) is 19.3. The second-order valence-electron chi connectivity index (χ2n) is 8.86. The average Bonchev–Trinajstić information content (AvgIpc) is 2.92. The normalized spacial score (nSPS) is 11.8. The van der Waals surface area contributed by atoms with E-state index in [0.29, 0.717) is 5.56 Å². The molecular formula is C33H21F3. The maximum Gasteiger partial charge on any atom is 0.416 e. The van der Waals surface area contributed by atoms with Crippen molar-refractivity contribution in [2.24, 2.45) is 0 Å². The van der Waals surface area contributed by atoms with E-state index in [0.717, 1.165) is 55.4 Å². The van der Waals surface area contributed by atoms with E-state index in [-0.39, 0.29) is 0 Å². The molecule has 0 bridgehead atoms. The quantitative estimate of drug-likeness (QED) is 0.224. The van der Waals surface area contributed by atoms with Gasteiger partial charge in [-0.15, -0.1) is 0 Å². The Labute approximate surface area is 207 Å². The highest BCUT2D eigenvalue weighted by molar-refractivity contribution is 6.21. The molecule has 0 saturated heterocycles. The van der Waals surface area contributed by atoms with Crippen molar-refractivity contribution in [3.8, 4) is 33.4 Å². The van der Waals surface area contributed by atoms with Crippen molar-refractivity contribution in [1.82, 2.24) is 0 Å². The van der Waals surface area contributed by atoms with Gasteiger partial charge >= 0.3 is 6.18 Å². The van der Waals surface area contributed by atoms with Crippen LogP contribution in [0.1, 0.15) is 5.56 Å². The van der Waals surface area contributed by atoms with E-state index in [1.54, 1.807) is 6.07 Å². The molecule has 0 spiro atoms. The Kier molecular flexibility index (Phi) is 5.34. The summed E-state index contributed by atoms with van der Waals surface area (Å²) in [5, 5.41) is 3.88. The molecule has 0 aliphatic rings. The summed E-state index contributed by atoms with van der Waals surface area (Å²) in [6, 6.07) is 40.3. The van der Waals surface area contributed by atoms with Crippen LogP contribution < -0.4 is 0 Å². The fraction of sp³-hybridized carbons (Fsp3) is 0.0303. The molecule has 6 rings (SSSR count). The lowest BCUT2D eigenvalue weighted by Gasteiger charge is -2.18. The highest BCUT2D eigenvalue weighted by atomic mass is 19.4. The Morgan fingerprint density at radius 3 is 1.31 bits per heavy atom.